The van der Waals surface area contributed by atoms with Crippen molar-refractivity contribution in [3.8, 4) is 17.4 Å². The highest BCUT2D eigenvalue weighted by Gasteiger charge is 2.62. The third-order valence-electron chi connectivity index (χ3n) is 10.9. The second-order valence-electron chi connectivity index (χ2n) is 15.6. The lowest BCUT2D eigenvalue weighted by Crippen LogP contribution is -2.58. The molecule has 2 aromatic heterocycles. The van der Waals surface area contributed by atoms with Gasteiger partial charge >= 0.3 is 0 Å². The molecule has 4 amide bonds. The Balaban J connectivity index is 1.23. The number of rotatable bonds is 9. The van der Waals surface area contributed by atoms with Crippen LogP contribution < -0.4 is 24.8 Å². The number of aromatic nitrogens is 3. The molecule has 1 unspecified atom stereocenters. The van der Waals surface area contributed by atoms with E-state index in [4.69, 9.17) is 9.47 Å². The Hall–Kier alpha value is -5.19. The third-order valence-corrected chi connectivity index (χ3v) is 12.7. The second kappa shape index (κ2) is 15.4. The fourth-order valence-electron chi connectivity index (χ4n) is 7.56. The molecular weight excluding hydrogens is 743 g/mol. The minimum atomic E-state index is -3.91. The third kappa shape index (κ3) is 8.18. The van der Waals surface area contributed by atoms with Crippen molar-refractivity contribution in [3.63, 3.8) is 0 Å². The first kappa shape index (κ1) is 39.1. The molecule has 4 heterocycles. The number of amides is 4. The lowest BCUT2D eigenvalue weighted by Gasteiger charge is -2.29. The zero-order valence-electron chi connectivity index (χ0n) is 32.0. The molecule has 4 aliphatic rings. The Labute approximate surface area is 325 Å². The highest BCUT2D eigenvalue weighted by atomic mass is 32.2. The summed E-state index contributed by atoms with van der Waals surface area (Å²) in [6.45, 7) is 5.38. The summed E-state index contributed by atoms with van der Waals surface area (Å²) in [5, 5.41) is 20.3. The predicted molar refractivity (Wildman–Crippen MR) is 204 cm³/mol. The van der Waals surface area contributed by atoms with Crippen LogP contribution in [0.3, 0.4) is 0 Å². The number of phenolic OH excluding ortho intramolecular Hbond substituents is 1. The SMILES string of the molecule is Cc1c(O)ccc2c(O[C@@H]3C[C@H]4C(=O)N[C@]5(C(=O)NS(=O)(=O)C6CC6)CC5/C=C\CCCCC[C@H](NC(=O)c5ccn(C)n5)C(=O)N4C3)cc(OC(C)C)nc12. The summed E-state index contributed by atoms with van der Waals surface area (Å²) in [4.78, 5) is 62.3. The van der Waals surface area contributed by atoms with Crippen LogP contribution in [0.2, 0.25) is 0 Å². The number of nitrogens with zero attached hydrogens (tertiary/aromatic N) is 4. The number of hydrogen-bond acceptors (Lipinski definition) is 11. The summed E-state index contributed by atoms with van der Waals surface area (Å²) >= 11 is 0. The van der Waals surface area contributed by atoms with Crippen LogP contribution in [0.4, 0.5) is 0 Å². The molecule has 3 aromatic rings. The molecule has 0 spiro atoms. The minimum absolute atomic E-state index is 0.0122. The number of nitrogens with one attached hydrogen (secondary N) is 3. The second-order valence-corrected chi connectivity index (χ2v) is 17.6. The number of allylic oxidation sites excluding steroid dienone is 1. The lowest BCUT2D eigenvalue weighted by molar-refractivity contribution is -0.141. The summed E-state index contributed by atoms with van der Waals surface area (Å²) in [5.41, 5.74) is -0.418. The van der Waals surface area contributed by atoms with Gasteiger partial charge < -0.3 is 30.1 Å². The average Bonchev–Trinajstić information content (AvgIpc) is 4.03. The number of pyridine rings is 1. The summed E-state index contributed by atoms with van der Waals surface area (Å²) in [7, 11) is -2.23. The van der Waals surface area contributed by atoms with Crippen LogP contribution >= 0.6 is 0 Å². The van der Waals surface area contributed by atoms with Crippen molar-refractivity contribution in [1.82, 2.24) is 35.0 Å². The van der Waals surface area contributed by atoms with Crippen molar-refractivity contribution in [2.24, 2.45) is 13.0 Å². The summed E-state index contributed by atoms with van der Waals surface area (Å²) in [6, 6.07) is 4.24. The van der Waals surface area contributed by atoms with Crippen LogP contribution in [0.5, 0.6) is 17.4 Å². The van der Waals surface area contributed by atoms with Crippen LogP contribution in [0.1, 0.15) is 87.7 Å². The maximum atomic E-state index is 14.6. The Morgan fingerprint density at radius 1 is 1.11 bits per heavy atom. The molecule has 0 bridgehead atoms. The van der Waals surface area contributed by atoms with E-state index in [1.807, 2.05) is 26.0 Å². The van der Waals surface area contributed by atoms with E-state index >= 15 is 0 Å². The monoisotopic (exact) mass is 791 g/mol. The predicted octanol–water partition coefficient (Wildman–Crippen LogP) is 2.92. The molecule has 300 valence electrons. The lowest BCUT2D eigenvalue weighted by atomic mass is 10.0. The highest BCUT2D eigenvalue weighted by molar-refractivity contribution is 7.91. The Morgan fingerprint density at radius 2 is 1.89 bits per heavy atom. The van der Waals surface area contributed by atoms with Gasteiger partial charge in [0.25, 0.3) is 11.8 Å². The molecule has 0 radical (unpaired) electrons. The molecule has 56 heavy (non-hydrogen) atoms. The number of fused-ring (bicyclic) bond motifs is 3. The van der Waals surface area contributed by atoms with Gasteiger partial charge in [-0.2, -0.15) is 5.10 Å². The van der Waals surface area contributed by atoms with Crippen molar-refractivity contribution in [3.05, 3.63) is 53.9 Å². The van der Waals surface area contributed by atoms with E-state index in [1.54, 1.807) is 38.4 Å². The molecule has 2 saturated carbocycles. The van der Waals surface area contributed by atoms with E-state index in [0.29, 0.717) is 54.3 Å². The number of sulfonamides is 1. The number of aryl methyl sites for hydroxylation is 2. The molecule has 16 nitrogen and oxygen atoms in total. The van der Waals surface area contributed by atoms with Crippen LogP contribution in [-0.4, -0.2) is 98.4 Å². The first-order valence-electron chi connectivity index (χ1n) is 19.3. The molecule has 1 saturated heterocycles. The zero-order chi connectivity index (χ0) is 39.9. The molecule has 17 heteroatoms. The largest absolute Gasteiger partial charge is 0.508 e. The van der Waals surface area contributed by atoms with E-state index in [0.717, 1.165) is 12.8 Å². The average molecular weight is 792 g/mol. The van der Waals surface area contributed by atoms with Crippen molar-refractivity contribution in [2.45, 2.75) is 114 Å². The van der Waals surface area contributed by atoms with Gasteiger partial charge in [0.2, 0.25) is 27.7 Å². The molecular formula is C39H49N7O9S. The van der Waals surface area contributed by atoms with Crippen LogP contribution in [-0.2, 0) is 31.5 Å². The Kier molecular flexibility index (Phi) is 10.7. The topological polar surface area (TPSA) is 211 Å². The van der Waals surface area contributed by atoms with Gasteiger partial charge in [0.05, 0.1) is 23.4 Å². The van der Waals surface area contributed by atoms with Crippen LogP contribution in [0.25, 0.3) is 10.9 Å². The fraction of sp³-hybridized carbons (Fsp3) is 0.538. The maximum absolute atomic E-state index is 14.6. The maximum Gasteiger partial charge on any atom is 0.272 e. The van der Waals surface area contributed by atoms with Gasteiger partial charge in [-0.1, -0.05) is 25.0 Å². The van der Waals surface area contributed by atoms with Gasteiger partial charge in [-0.15, -0.1) is 0 Å². The van der Waals surface area contributed by atoms with Crippen LogP contribution in [0.15, 0.2) is 42.6 Å². The number of hydrogen-bond donors (Lipinski definition) is 4. The number of aromatic hydroxyl groups is 1. The van der Waals surface area contributed by atoms with Crippen molar-refractivity contribution >= 4 is 44.6 Å². The smallest absolute Gasteiger partial charge is 0.272 e. The van der Waals surface area contributed by atoms with E-state index in [9.17, 15) is 32.7 Å². The molecule has 4 N–H and O–H groups in total. The summed E-state index contributed by atoms with van der Waals surface area (Å²) < 4.78 is 42.0. The van der Waals surface area contributed by atoms with Crippen molar-refractivity contribution < 1.29 is 42.2 Å². The van der Waals surface area contributed by atoms with Gasteiger partial charge in [0.15, 0.2) is 0 Å². The van der Waals surface area contributed by atoms with E-state index in [-0.39, 0.29) is 42.8 Å². The Morgan fingerprint density at radius 3 is 2.61 bits per heavy atom. The van der Waals surface area contributed by atoms with Crippen LogP contribution in [0, 0.1) is 12.8 Å². The number of ether oxygens (including phenoxy) is 2. The van der Waals surface area contributed by atoms with E-state index < -0.39 is 68.5 Å². The summed E-state index contributed by atoms with van der Waals surface area (Å²) in [6.07, 6.45) is 8.71. The first-order valence-corrected chi connectivity index (χ1v) is 20.8. The van der Waals surface area contributed by atoms with E-state index in [2.05, 4.69) is 25.4 Å². The molecule has 1 aromatic carbocycles. The number of phenols is 1. The molecule has 3 fully saturated rings. The van der Waals surface area contributed by atoms with Gasteiger partial charge in [-0.05, 0) is 77.5 Å². The molecule has 2 aliphatic heterocycles. The molecule has 7 rings (SSSR count). The normalized spacial score (nSPS) is 26.3. The van der Waals surface area contributed by atoms with Gasteiger partial charge in [0.1, 0.15) is 40.9 Å². The number of carbonyl (C=O) groups excluding carboxylic acids is 4. The van der Waals surface area contributed by atoms with Gasteiger partial charge in [-0.25, -0.2) is 13.4 Å². The molecule has 2 aliphatic carbocycles. The minimum Gasteiger partial charge on any atom is -0.508 e. The Bertz CT molecular complexity index is 2180. The summed E-state index contributed by atoms with van der Waals surface area (Å²) in [5.74, 6) is -2.27. The fourth-order valence-corrected chi connectivity index (χ4v) is 8.92. The first-order chi connectivity index (χ1) is 26.6. The van der Waals surface area contributed by atoms with Gasteiger partial charge in [0, 0.05) is 42.6 Å². The molecule has 5 atom stereocenters. The highest BCUT2D eigenvalue weighted by Crippen LogP contribution is 2.46. The van der Waals surface area contributed by atoms with E-state index in [1.165, 1.54) is 15.6 Å². The standard InChI is InChI=1S/C39H49N7O9S/c1-22(2)54-33-19-32(27-14-15-31(47)23(3)34(27)41-33)55-25-18-30-36(49)42-39(38(51)44-56(52,53)26-12-13-26)20-24(39)10-8-6-5-7-9-11-29(37(50)46(30)21-25)40-35(48)28-16-17-45(4)43-28/h8,10,14-17,19,22,24-26,29-30,47H,5-7,9,11-13,18,20-21H2,1-4H3,(H,40,48)(H,42,49)(H,44,51)/b10-8-/t24?,25-,29+,30+,39-/m1/s1. The van der Waals surface area contributed by atoms with Crippen molar-refractivity contribution in [2.75, 3.05) is 6.54 Å². The quantitative estimate of drug-likeness (QED) is 0.232. The number of benzene rings is 1. The van der Waals surface area contributed by atoms with Crippen molar-refractivity contribution in [1.29, 1.82) is 0 Å². The zero-order valence-corrected chi connectivity index (χ0v) is 32.8. The number of carbonyl (C=O) groups is 4. The van der Waals surface area contributed by atoms with Gasteiger partial charge in [-0.3, -0.25) is 28.6 Å².